The maximum atomic E-state index is 11.3. The molecule has 2 heteroatoms. The van der Waals surface area contributed by atoms with E-state index in [1.807, 2.05) is 6.92 Å². The molecular weight excluding hydrogens is 236 g/mol. The van der Waals surface area contributed by atoms with Gasteiger partial charge >= 0.3 is 5.97 Å². The third-order valence-electron chi connectivity index (χ3n) is 2.27. The van der Waals surface area contributed by atoms with Crippen LogP contribution in [0.25, 0.3) is 0 Å². The van der Waals surface area contributed by atoms with Gasteiger partial charge in [0.1, 0.15) is 0 Å². The van der Waals surface area contributed by atoms with Crippen LogP contribution in [0.5, 0.6) is 0 Å². The molecule has 0 amide bonds. The van der Waals surface area contributed by atoms with Crippen molar-refractivity contribution in [2.75, 3.05) is 6.61 Å². The van der Waals surface area contributed by atoms with E-state index in [1.54, 1.807) is 12.2 Å². The molecule has 0 N–H and O–H groups in total. The molecule has 0 heterocycles. The van der Waals surface area contributed by atoms with Crippen LogP contribution in [-0.4, -0.2) is 12.6 Å². The molecule has 0 aliphatic rings. The van der Waals surface area contributed by atoms with Crippen molar-refractivity contribution in [3.63, 3.8) is 0 Å². The Morgan fingerprint density at radius 3 is 2.21 bits per heavy atom. The van der Waals surface area contributed by atoms with Gasteiger partial charge in [0.25, 0.3) is 0 Å². The number of ether oxygens (including phenoxy) is 1. The second-order valence-electron chi connectivity index (χ2n) is 4.32. The topological polar surface area (TPSA) is 26.3 Å². The van der Waals surface area contributed by atoms with Crippen molar-refractivity contribution in [2.24, 2.45) is 0 Å². The van der Waals surface area contributed by atoms with Crippen LogP contribution >= 0.6 is 0 Å². The van der Waals surface area contributed by atoms with E-state index in [-0.39, 0.29) is 5.97 Å². The summed E-state index contributed by atoms with van der Waals surface area (Å²) in [4.78, 5) is 11.3. The molecule has 0 aromatic carbocycles. The summed E-state index contributed by atoms with van der Waals surface area (Å²) in [6.07, 6.45) is 8.10. The first kappa shape index (κ1) is 19.8. The molecule has 108 valence electrons. The van der Waals surface area contributed by atoms with E-state index in [9.17, 15) is 4.79 Å². The molecule has 0 saturated heterocycles. The van der Waals surface area contributed by atoms with Gasteiger partial charge in [-0.2, -0.15) is 0 Å². The third-order valence-corrected chi connectivity index (χ3v) is 2.27. The summed E-state index contributed by atoms with van der Waals surface area (Å²) in [7, 11) is 0. The fraction of sp³-hybridized carbons (Fsp3) is 0.471. The second kappa shape index (κ2) is 14.5. The zero-order chi connectivity index (χ0) is 15.1. The number of hydrogen-bond acceptors (Lipinski definition) is 2. The Balaban J connectivity index is 0. The Hall–Kier alpha value is -1.57. The normalized spacial score (nSPS) is 8.74. The van der Waals surface area contributed by atoms with Crippen molar-refractivity contribution in [1.29, 1.82) is 0 Å². The molecule has 0 aliphatic heterocycles. The van der Waals surface area contributed by atoms with E-state index in [0.717, 1.165) is 31.3 Å². The fourth-order valence-corrected chi connectivity index (χ4v) is 0.997. The van der Waals surface area contributed by atoms with Crippen LogP contribution in [0.4, 0.5) is 0 Å². The Labute approximate surface area is 118 Å². The summed E-state index contributed by atoms with van der Waals surface area (Å²) in [6.45, 7) is 18.8. The third kappa shape index (κ3) is 16.4. The van der Waals surface area contributed by atoms with Gasteiger partial charge in [0, 0.05) is 5.57 Å². The molecule has 0 radical (unpaired) electrons. The molecule has 0 spiro atoms. The van der Waals surface area contributed by atoms with E-state index in [0.29, 0.717) is 18.6 Å². The number of hydrogen-bond donors (Lipinski definition) is 0. The van der Waals surface area contributed by atoms with Crippen molar-refractivity contribution in [2.45, 2.75) is 46.0 Å². The van der Waals surface area contributed by atoms with E-state index >= 15 is 0 Å². The number of rotatable bonds is 9. The highest BCUT2D eigenvalue weighted by molar-refractivity contribution is 5.87. The fourth-order valence-electron chi connectivity index (χ4n) is 0.997. The first-order valence-electron chi connectivity index (χ1n) is 6.73. The molecular formula is C17H28O2. The van der Waals surface area contributed by atoms with Gasteiger partial charge in [0.2, 0.25) is 0 Å². The summed E-state index contributed by atoms with van der Waals surface area (Å²) in [5.41, 5.74) is 1.56. The molecule has 0 rings (SSSR count). The summed E-state index contributed by atoms with van der Waals surface area (Å²) in [5.74, 6) is -0.261. The number of allylic oxidation sites excluding steroid dienone is 3. The van der Waals surface area contributed by atoms with Gasteiger partial charge in [-0.1, -0.05) is 57.2 Å². The zero-order valence-corrected chi connectivity index (χ0v) is 12.5. The number of carbonyl (C=O) groups is 1. The van der Waals surface area contributed by atoms with Gasteiger partial charge in [-0.3, -0.25) is 0 Å². The van der Waals surface area contributed by atoms with Crippen LogP contribution in [0, 0.1) is 0 Å². The number of unbranched alkanes of at least 4 members (excludes halogenated alkanes) is 2. The van der Waals surface area contributed by atoms with Gasteiger partial charge in [-0.05, 0) is 26.2 Å². The predicted molar refractivity (Wildman–Crippen MR) is 84.1 cm³/mol. The molecule has 0 unspecified atom stereocenters. The van der Waals surface area contributed by atoms with Crippen LogP contribution in [0.3, 0.4) is 0 Å². The largest absolute Gasteiger partial charge is 0.462 e. The lowest BCUT2D eigenvalue weighted by Crippen LogP contribution is -2.08. The zero-order valence-electron chi connectivity index (χ0n) is 12.5. The van der Waals surface area contributed by atoms with Crippen LogP contribution in [0.1, 0.15) is 46.0 Å². The molecule has 0 saturated carbocycles. The molecule has 19 heavy (non-hydrogen) atoms. The van der Waals surface area contributed by atoms with Crippen LogP contribution in [0.2, 0.25) is 0 Å². The first-order valence-corrected chi connectivity index (χ1v) is 6.73. The highest BCUT2D eigenvalue weighted by atomic mass is 16.5. The van der Waals surface area contributed by atoms with Crippen LogP contribution < -0.4 is 0 Å². The summed E-state index contributed by atoms with van der Waals surface area (Å²) in [6, 6.07) is 0. The van der Waals surface area contributed by atoms with E-state index in [2.05, 4.69) is 33.2 Å². The molecule has 0 aromatic rings. The second-order valence-corrected chi connectivity index (χ2v) is 4.32. The average molecular weight is 264 g/mol. The van der Waals surface area contributed by atoms with Gasteiger partial charge in [0.15, 0.2) is 0 Å². The van der Waals surface area contributed by atoms with Crippen molar-refractivity contribution < 1.29 is 9.53 Å². The van der Waals surface area contributed by atoms with Crippen LogP contribution in [-0.2, 0) is 9.53 Å². The first-order chi connectivity index (χ1) is 8.99. The average Bonchev–Trinajstić information content (AvgIpc) is 2.41. The quantitative estimate of drug-likeness (QED) is 0.193. The van der Waals surface area contributed by atoms with Crippen LogP contribution in [0.15, 0.2) is 49.6 Å². The maximum Gasteiger partial charge on any atom is 0.333 e. The highest BCUT2D eigenvalue weighted by Gasteiger charge is 2.06. The smallest absolute Gasteiger partial charge is 0.333 e. The maximum absolute atomic E-state index is 11.3. The van der Waals surface area contributed by atoms with Crippen molar-refractivity contribution in [3.8, 4) is 0 Å². The Kier molecular flexibility index (Phi) is 15.1. The minimum absolute atomic E-state index is 0.261. The lowest BCUT2D eigenvalue weighted by Gasteiger charge is -2.05. The molecule has 0 aromatic heterocycles. The van der Waals surface area contributed by atoms with Crippen molar-refractivity contribution in [1.82, 2.24) is 0 Å². The summed E-state index contributed by atoms with van der Waals surface area (Å²) < 4.78 is 5.03. The molecule has 0 atom stereocenters. The Morgan fingerprint density at radius 2 is 1.79 bits per heavy atom. The molecule has 2 nitrogen and oxygen atoms in total. The minimum Gasteiger partial charge on any atom is -0.462 e. The predicted octanol–water partition coefficient (Wildman–Crippen LogP) is 4.99. The van der Waals surface area contributed by atoms with E-state index in [1.165, 1.54) is 0 Å². The van der Waals surface area contributed by atoms with Crippen molar-refractivity contribution >= 4 is 5.97 Å². The number of esters is 1. The Bertz CT molecular complexity index is 300. The van der Waals surface area contributed by atoms with Gasteiger partial charge in [-0.25, -0.2) is 4.79 Å². The summed E-state index contributed by atoms with van der Waals surface area (Å²) in [5, 5.41) is 0. The molecule has 0 fully saturated rings. The Morgan fingerprint density at radius 1 is 1.21 bits per heavy atom. The minimum atomic E-state index is -0.261. The lowest BCUT2D eigenvalue weighted by molar-refractivity contribution is -0.139. The lowest BCUT2D eigenvalue weighted by atomic mass is 10.2. The van der Waals surface area contributed by atoms with E-state index < -0.39 is 0 Å². The summed E-state index contributed by atoms with van der Waals surface area (Å²) >= 11 is 0. The monoisotopic (exact) mass is 264 g/mol. The van der Waals surface area contributed by atoms with Gasteiger partial charge < -0.3 is 4.74 Å². The van der Waals surface area contributed by atoms with Gasteiger partial charge in [-0.15, -0.1) is 6.58 Å². The van der Waals surface area contributed by atoms with Gasteiger partial charge in [0.05, 0.1) is 6.61 Å². The molecule has 0 aliphatic carbocycles. The number of carbonyl (C=O) groups excluding carboxylic acids is 1. The standard InChI is InChI=1S/C12H20O2.C5H8/c1-4-6-8-10-14-12(13)11(3)9-7-5-2;1-4-5(2)3/h5H,2-4,6-10H2,1H3;4H,1-2H2,3H3. The highest BCUT2D eigenvalue weighted by Crippen LogP contribution is 2.05. The van der Waals surface area contributed by atoms with E-state index in [4.69, 9.17) is 4.74 Å². The SMILES string of the molecule is C=CC(=C)C.C=CCCC(=C)C(=O)OCCCCC. The molecule has 0 bridgehead atoms. The van der Waals surface area contributed by atoms with Crippen molar-refractivity contribution in [3.05, 3.63) is 49.6 Å².